The summed E-state index contributed by atoms with van der Waals surface area (Å²) in [6.45, 7) is 7.30. The van der Waals surface area contributed by atoms with Gasteiger partial charge in [-0.2, -0.15) is 0 Å². The molecule has 5 nitrogen and oxygen atoms in total. The molecule has 1 rings (SSSR count). The maximum Gasteiger partial charge on any atom is 0.238 e. The Hall–Kier alpha value is -1.30. The molecular weight excluding hydrogens is 278 g/mol. The minimum atomic E-state index is -3.60. The van der Waals surface area contributed by atoms with Crippen LogP contribution >= 0.6 is 0 Å². The Morgan fingerprint density at radius 2 is 2.00 bits per heavy atom. The Bertz CT molecular complexity index is 545. The highest BCUT2D eigenvalue weighted by molar-refractivity contribution is 7.90. The van der Waals surface area contributed by atoms with E-state index in [1.807, 2.05) is 26.8 Å². The predicted molar refractivity (Wildman–Crippen MR) is 77.7 cm³/mol. The second-order valence-electron chi connectivity index (χ2n) is 5.27. The molecule has 0 spiro atoms. The Morgan fingerprint density at radius 1 is 1.35 bits per heavy atom. The summed E-state index contributed by atoms with van der Waals surface area (Å²) in [5.74, 6) is 0.945. The van der Waals surface area contributed by atoms with Crippen molar-refractivity contribution in [3.63, 3.8) is 0 Å². The van der Waals surface area contributed by atoms with E-state index in [0.29, 0.717) is 18.6 Å². The minimum Gasteiger partial charge on any atom is -0.466 e. The Morgan fingerprint density at radius 3 is 2.45 bits per heavy atom. The zero-order chi connectivity index (χ0) is 15.3. The van der Waals surface area contributed by atoms with Crippen LogP contribution in [0.4, 0.5) is 0 Å². The molecule has 0 aliphatic carbocycles. The number of carbonyl (C=O) groups is 1. The number of sulfonamides is 1. The van der Waals surface area contributed by atoms with E-state index < -0.39 is 21.2 Å². The maximum atomic E-state index is 12.1. The molecule has 1 amide bonds. The van der Waals surface area contributed by atoms with Crippen LogP contribution in [-0.2, 0) is 21.2 Å². The van der Waals surface area contributed by atoms with Gasteiger partial charge in [-0.25, -0.2) is 8.42 Å². The smallest absolute Gasteiger partial charge is 0.238 e. The Balaban J connectivity index is 2.57. The first kappa shape index (κ1) is 16.8. The third-order valence-electron chi connectivity index (χ3n) is 3.20. The topological polar surface area (TPSA) is 76.4 Å². The van der Waals surface area contributed by atoms with E-state index in [1.54, 1.807) is 13.0 Å². The van der Waals surface area contributed by atoms with Crippen LogP contribution in [0.15, 0.2) is 16.5 Å². The maximum absolute atomic E-state index is 12.1. The number of hydrogen-bond donors (Lipinski definition) is 1. The minimum absolute atomic E-state index is 0.0296. The molecule has 1 aromatic heterocycles. The van der Waals surface area contributed by atoms with Gasteiger partial charge < -0.3 is 4.42 Å². The number of hydrogen-bond acceptors (Lipinski definition) is 4. The molecule has 0 unspecified atom stereocenters. The summed E-state index contributed by atoms with van der Waals surface area (Å²) < 4.78 is 31.6. The summed E-state index contributed by atoms with van der Waals surface area (Å²) in [6.07, 6.45) is 0.978. The van der Waals surface area contributed by atoms with Gasteiger partial charge >= 0.3 is 0 Å². The quantitative estimate of drug-likeness (QED) is 0.839. The zero-order valence-electron chi connectivity index (χ0n) is 12.5. The van der Waals surface area contributed by atoms with Crippen LogP contribution in [0, 0.1) is 12.8 Å². The van der Waals surface area contributed by atoms with E-state index in [4.69, 9.17) is 4.42 Å². The third kappa shape index (κ3) is 4.67. The molecule has 0 radical (unpaired) electrons. The van der Waals surface area contributed by atoms with E-state index in [-0.39, 0.29) is 12.3 Å². The van der Waals surface area contributed by atoms with Gasteiger partial charge in [0.05, 0.1) is 5.25 Å². The second kappa shape index (κ2) is 6.92. The SMILES string of the molecule is CC[C@H](C(C)C)S(=O)(=O)NC(=O)CCc1ccc(C)o1. The highest BCUT2D eigenvalue weighted by Gasteiger charge is 2.28. The number of aryl methyl sites for hydroxylation is 2. The van der Waals surface area contributed by atoms with Crippen LogP contribution in [0.2, 0.25) is 0 Å². The largest absolute Gasteiger partial charge is 0.466 e. The molecule has 1 atom stereocenters. The number of furan rings is 1. The van der Waals surface area contributed by atoms with Crippen molar-refractivity contribution >= 4 is 15.9 Å². The fourth-order valence-corrected chi connectivity index (χ4v) is 3.92. The monoisotopic (exact) mass is 301 g/mol. The number of nitrogens with one attached hydrogen (secondary N) is 1. The van der Waals surface area contributed by atoms with Gasteiger partial charge in [0.2, 0.25) is 15.9 Å². The van der Waals surface area contributed by atoms with Crippen LogP contribution < -0.4 is 4.72 Å². The Labute approximate surface area is 120 Å². The van der Waals surface area contributed by atoms with Crippen LogP contribution in [0.25, 0.3) is 0 Å². The van der Waals surface area contributed by atoms with Crippen LogP contribution in [0.3, 0.4) is 0 Å². The van der Waals surface area contributed by atoms with Crippen molar-refractivity contribution in [2.24, 2.45) is 5.92 Å². The lowest BCUT2D eigenvalue weighted by Gasteiger charge is -2.19. The van der Waals surface area contributed by atoms with Crippen LogP contribution in [-0.4, -0.2) is 19.6 Å². The molecule has 1 heterocycles. The van der Waals surface area contributed by atoms with Crippen molar-refractivity contribution in [2.75, 3.05) is 0 Å². The summed E-state index contributed by atoms with van der Waals surface area (Å²) >= 11 is 0. The molecule has 20 heavy (non-hydrogen) atoms. The molecule has 0 fully saturated rings. The van der Waals surface area contributed by atoms with E-state index >= 15 is 0 Å². The van der Waals surface area contributed by atoms with Gasteiger partial charge in [-0.3, -0.25) is 9.52 Å². The Kier molecular flexibility index (Phi) is 5.80. The summed E-state index contributed by atoms with van der Waals surface area (Å²) in [7, 11) is -3.60. The first-order valence-electron chi connectivity index (χ1n) is 6.86. The lowest BCUT2D eigenvalue weighted by molar-refractivity contribution is -0.119. The molecular formula is C14H23NO4S. The fraction of sp³-hybridized carbons (Fsp3) is 0.643. The number of carbonyl (C=O) groups excluding carboxylic acids is 1. The number of rotatable bonds is 7. The summed E-state index contributed by atoms with van der Waals surface area (Å²) in [5, 5.41) is -0.544. The summed E-state index contributed by atoms with van der Waals surface area (Å²) in [6, 6.07) is 3.61. The summed E-state index contributed by atoms with van der Waals surface area (Å²) in [5.41, 5.74) is 0. The van der Waals surface area contributed by atoms with E-state index in [0.717, 1.165) is 5.76 Å². The van der Waals surface area contributed by atoms with Crippen molar-refractivity contribution < 1.29 is 17.6 Å². The van der Waals surface area contributed by atoms with Crippen molar-refractivity contribution in [2.45, 2.75) is 52.2 Å². The highest BCUT2D eigenvalue weighted by atomic mass is 32.2. The van der Waals surface area contributed by atoms with E-state index in [2.05, 4.69) is 4.72 Å². The van der Waals surface area contributed by atoms with Crippen molar-refractivity contribution in [1.29, 1.82) is 0 Å². The molecule has 1 aromatic rings. The average Bonchev–Trinajstić information content (AvgIpc) is 2.71. The molecule has 114 valence electrons. The van der Waals surface area contributed by atoms with Gasteiger partial charge in [-0.1, -0.05) is 20.8 Å². The molecule has 1 N–H and O–H groups in total. The zero-order valence-corrected chi connectivity index (χ0v) is 13.3. The highest BCUT2D eigenvalue weighted by Crippen LogP contribution is 2.15. The van der Waals surface area contributed by atoms with Crippen molar-refractivity contribution in [3.05, 3.63) is 23.7 Å². The van der Waals surface area contributed by atoms with Gasteiger partial charge in [-0.05, 0) is 31.4 Å². The number of amides is 1. The second-order valence-corrected chi connectivity index (χ2v) is 7.17. The molecule has 0 aliphatic heterocycles. The first-order chi connectivity index (χ1) is 9.26. The lowest BCUT2D eigenvalue weighted by Crippen LogP contribution is -2.40. The van der Waals surface area contributed by atoms with Crippen LogP contribution in [0.1, 0.15) is 45.1 Å². The van der Waals surface area contributed by atoms with E-state index in [1.165, 1.54) is 0 Å². The molecule has 6 heteroatoms. The normalized spacial score (nSPS) is 13.4. The molecule has 0 bridgehead atoms. The van der Waals surface area contributed by atoms with Gasteiger partial charge in [0.15, 0.2) is 0 Å². The van der Waals surface area contributed by atoms with Gasteiger partial charge in [0.25, 0.3) is 0 Å². The van der Waals surface area contributed by atoms with Crippen molar-refractivity contribution in [1.82, 2.24) is 4.72 Å². The summed E-state index contributed by atoms with van der Waals surface area (Å²) in [4.78, 5) is 11.7. The molecule has 0 saturated carbocycles. The molecule has 0 saturated heterocycles. The standard InChI is InChI=1S/C14H23NO4S/c1-5-13(10(2)3)20(17,18)15-14(16)9-8-12-7-6-11(4)19-12/h6-7,10,13H,5,8-9H2,1-4H3,(H,15,16)/t13-/m1/s1. The van der Waals surface area contributed by atoms with Gasteiger partial charge in [0, 0.05) is 12.8 Å². The predicted octanol–water partition coefficient (Wildman–Crippen LogP) is 2.40. The average molecular weight is 301 g/mol. The fourth-order valence-electron chi connectivity index (χ4n) is 2.19. The van der Waals surface area contributed by atoms with Crippen LogP contribution in [0.5, 0.6) is 0 Å². The first-order valence-corrected chi connectivity index (χ1v) is 8.40. The van der Waals surface area contributed by atoms with E-state index in [9.17, 15) is 13.2 Å². The van der Waals surface area contributed by atoms with Crippen molar-refractivity contribution in [3.8, 4) is 0 Å². The van der Waals surface area contributed by atoms with Gasteiger partial charge in [0.1, 0.15) is 11.5 Å². The molecule has 0 aromatic carbocycles. The third-order valence-corrected chi connectivity index (χ3v) is 5.38. The lowest BCUT2D eigenvalue weighted by atomic mass is 10.1. The van der Waals surface area contributed by atoms with Gasteiger partial charge in [-0.15, -0.1) is 0 Å². The molecule has 0 aliphatic rings.